The number of ether oxygens (including phenoxy) is 1. The first kappa shape index (κ1) is 20.0. The summed E-state index contributed by atoms with van der Waals surface area (Å²) in [5.74, 6) is -2.35. The van der Waals surface area contributed by atoms with E-state index in [2.05, 4.69) is 10.6 Å². The molecular weight excluding hydrogens is 378 g/mol. The van der Waals surface area contributed by atoms with Gasteiger partial charge in [0, 0.05) is 22.9 Å². The Morgan fingerprint density at radius 3 is 2.07 bits per heavy atom. The molecule has 0 radical (unpaired) electrons. The van der Waals surface area contributed by atoms with Gasteiger partial charge in [0.2, 0.25) is 0 Å². The van der Waals surface area contributed by atoms with Crippen LogP contribution in [-0.2, 0) is 0 Å². The summed E-state index contributed by atoms with van der Waals surface area (Å²) in [5.41, 5.74) is 1.28. The largest absolute Gasteiger partial charge is 0.492 e. The first-order valence-electron chi connectivity index (χ1n) is 8.87. The quantitative estimate of drug-likeness (QED) is 0.625. The van der Waals surface area contributed by atoms with Gasteiger partial charge in [-0.25, -0.2) is 8.78 Å². The second kappa shape index (κ2) is 8.97. The molecule has 0 aliphatic rings. The topological polar surface area (TPSA) is 67.4 Å². The lowest BCUT2D eigenvalue weighted by atomic mass is 10.1. The highest BCUT2D eigenvalue weighted by molar-refractivity contribution is 6.07. The number of para-hydroxylation sites is 2. The number of rotatable bonds is 6. The van der Waals surface area contributed by atoms with Crippen LogP contribution in [0.15, 0.2) is 66.7 Å². The van der Waals surface area contributed by atoms with Crippen molar-refractivity contribution >= 4 is 23.2 Å². The van der Waals surface area contributed by atoms with E-state index in [9.17, 15) is 18.4 Å². The minimum Gasteiger partial charge on any atom is -0.492 e. The number of nitrogens with one attached hydrogen (secondary N) is 2. The first-order valence-corrected chi connectivity index (χ1v) is 8.87. The Kier molecular flexibility index (Phi) is 6.19. The molecule has 0 fully saturated rings. The van der Waals surface area contributed by atoms with Crippen molar-refractivity contribution in [3.8, 4) is 5.75 Å². The Hall–Kier alpha value is -3.74. The summed E-state index contributed by atoms with van der Waals surface area (Å²) in [6.07, 6.45) is 0. The van der Waals surface area contributed by atoms with Crippen LogP contribution in [0, 0.1) is 11.6 Å². The molecule has 0 heterocycles. The zero-order valence-corrected chi connectivity index (χ0v) is 15.5. The predicted molar refractivity (Wildman–Crippen MR) is 106 cm³/mol. The van der Waals surface area contributed by atoms with E-state index in [1.807, 2.05) is 6.92 Å². The van der Waals surface area contributed by atoms with E-state index in [0.29, 0.717) is 23.6 Å². The Balaban J connectivity index is 1.68. The number of halogens is 2. The molecule has 0 saturated heterocycles. The van der Waals surface area contributed by atoms with Gasteiger partial charge in [0.25, 0.3) is 11.8 Å². The molecule has 29 heavy (non-hydrogen) atoms. The second-order valence-electron chi connectivity index (χ2n) is 6.04. The van der Waals surface area contributed by atoms with Crippen molar-refractivity contribution < 1.29 is 23.1 Å². The normalized spacial score (nSPS) is 10.3. The highest BCUT2D eigenvalue weighted by Gasteiger charge is 2.12. The summed E-state index contributed by atoms with van der Waals surface area (Å²) in [6.45, 7) is 2.32. The summed E-state index contributed by atoms with van der Waals surface area (Å²) in [7, 11) is 0. The molecule has 5 nitrogen and oxygen atoms in total. The van der Waals surface area contributed by atoms with Crippen LogP contribution < -0.4 is 15.4 Å². The van der Waals surface area contributed by atoms with E-state index >= 15 is 0 Å². The summed E-state index contributed by atoms with van der Waals surface area (Å²) < 4.78 is 31.7. The fourth-order valence-electron chi connectivity index (χ4n) is 2.60. The lowest BCUT2D eigenvalue weighted by Crippen LogP contribution is -2.15. The Morgan fingerprint density at radius 2 is 1.45 bits per heavy atom. The molecule has 0 spiro atoms. The molecule has 0 aromatic heterocycles. The van der Waals surface area contributed by atoms with Gasteiger partial charge in [-0.2, -0.15) is 0 Å². The minimum absolute atomic E-state index is 0.128. The van der Waals surface area contributed by atoms with Crippen LogP contribution in [0.1, 0.15) is 27.6 Å². The van der Waals surface area contributed by atoms with Gasteiger partial charge >= 0.3 is 0 Å². The highest BCUT2D eigenvalue weighted by Crippen LogP contribution is 2.24. The van der Waals surface area contributed by atoms with Gasteiger partial charge in [0.15, 0.2) is 11.6 Å². The number of amides is 2. The average molecular weight is 396 g/mol. The van der Waals surface area contributed by atoms with Crippen molar-refractivity contribution in [2.75, 3.05) is 17.2 Å². The maximum absolute atomic E-state index is 13.2. The molecule has 0 bridgehead atoms. The van der Waals surface area contributed by atoms with E-state index in [1.165, 1.54) is 30.3 Å². The number of carbonyl (C=O) groups excluding carboxylic acids is 2. The van der Waals surface area contributed by atoms with E-state index in [1.54, 1.807) is 24.3 Å². The van der Waals surface area contributed by atoms with Crippen LogP contribution in [-0.4, -0.2) is 18.4 Å². The molecule has 3 aromatic carbocycles. The zero-order chi connectivity index (χ0) is 20.8. The molecule has 0 aliphatic heterocycles. The molecule has 7 heteroatoms. The number of hydrogen-bond acceptors (Lipinski definition) is 3. The van der Waals surface area contributed by atoms with Crippen LogP contribution in [0.5, 0.6) is 5.75 Å². The van der Waals surface area contributed by atoms with Crippen molar-refractivity contribution in [1.29, 1.82) is 0 Å². The summed E-state index contributed by atoms with van der Waals surface area (Å²) >= 11 is 0. The third kappa shape index (κ3) is 4.95. The van der Waals surface area contributed by atoms with Crippen LogP contribution in [0.4, 0.5) is 20.2 Å². The maximum atomic E-state index is 13.2. The van der Waals surface area contributed by atoms with Gasteiger partial charge in [0.05, 0.1) is 12.3 Å². The van der Waals surface area contributed by atoms with Gasteiger partial charge in [-0.3, -0.25) is 9.59 Å². The Morgan fingerprint density at radius 1 is 0.828 bits per heavy atom. The molecule has 3 rings (SSSR count). The number of anilines is 2. The van der Waals surface area contributed by atoms with Crippen molar-refractivity contribution in [2.45, 2.75) is 6.92 Å². The van der Waals surface area contributed by atoms with Crippen LogP contribution >= 0.6 is 0 Å². The van der Waals surface area contributed by atoms with Crippen molar-refractivity contribution in [1.82, 2.24) is 0 Å². The van der Waals surface area contributed by atoms with Gasteiger partial charge in [-0.05, 0) is 55.5 Å². The molecule has 0 aliphatic carbocycles. The molecule has 3 aromatic rings. The SMILES string of the molecule is CCOc1ccccc1NC(=O)c1ccc(C(=O)Nc2ccc(F)c(F)c2)cc1. The fraction of sp³-hybridized carbons (Fsp3) is 0.0909. The third-order valence-corrected chi connectivity index (χ3v) is 4.02. The van der Waals surface area contributed by atoms with Crippen LogP contribution in [0.2, 0.25) is 0 Å². The first-order chi connectivity index (χ1) is 14.0. The standard InChI is InChI=1S/C22H18F2N2O3/c1-2-29-20-6-4-3-5-19(20)26-22(28)15-9-7-14(8-10-15)21(27)25-16-11-12-17(23)18(24)13-16/h3-13H,2H2,1H3,(H,25,27)(H,26,28). The summed E-state index contributed by atoms with van der Waals surface area (Å²) in [4.78, 5) is 24.7. The average Bonchev–Trinajstić information content (AvgIpc) is 2.72. The lowest BCUT2D eigenvalue weighted by Gasteiger charge is -2.11. The van der Waals surface area contributed by atoms with Gasteiger partial charge in [-0.15, -0.1) is 0 Å². The van der Waals surface area contributed by atoms with Crippen molar-refractivity contribution in [2.24, 2.45) is 0 Å². The highest BCUT2D eigenvalue weighted by atomic mass is 19.2. The van der Waals surface area contributed by atoms with Crippen LogP contribution in [0.25, 0.3) is 0 Å². The molecule has 2 N–H and O–H groups in total. The predicted octanol–water partition coefficient (Wildman–Crippen LogP) is 4.87. The van der Waals surface area contributed by atoms with E-state index < -0.39 is 17.5 Å². The number of carbonyl (C=O) groups is 2. The summed E-state index contributed by atoms with van der Waals surface area (Å²) in [5, 5.41) is 5.24. The molecule has 0 saturated carbocycles. The van der Waals surface area contributed by atoms with E-state index in [-0.39, 0.29) is 17.2 Å². The number of hydrogen-bond donors (Lipinski definition) is 2. The fourth-order valence-corrected chi connectivity index (χ4v) is 2.60. The van der Waals surface area contributed by atoms with Gasteiger partial charge in [0.1, 0.15) is 5.75 Å². The molecule has 0 atom stereocenters. The molecule has 2 amide bonds. The smallest absolute Gasteiger partial charge is 0.255 e. The zero-order valence-electron chi connectivity index (χ0n) is 15.5. The summed E-state index contributed by atoms with van der Waals surface area (Å²) in [6, 6.07) is 16.1. The van der Waals surface area contributed by atoms with Crippen molar-refractivity contribution in [3.05, 3.63) is 89.5 Å². The van der Waals surface area contributed by atoms with Gasteiger partial charge in [-0.1, -0.05) is 12.1 Å². The Labute approximate surface area is 166 Å². The monoisotopic (exact) mass is 396 g/mol. The van der Waals surface area contributed by atoms with E-state index in [0.717, 1.165) is 12.1 Å². The number of benzene rings is 3. The van der Waals surface area contributed by atoms with Crippen molar-refractivity contribution in [3.63, 3.8) is 0 Å². The van der Waals surface area contributed by atoms with Gasteiger partial charge < -0.3 is 15.4 Å². The van der Waals surface area contributed by atoms with E-state index in [4.69, 9.17) is 4.74 Å². The van der Waals surface area contributed by atoms with Crippen LogP contribution in [0.3, 0.4) is 0 Å². The lowest BCUT2D eigenvalue weighted by molar-refractivity contribution is 0.101. The second-order valence-corrected chi connectivity index (χ2v) is 6.04. The maximum Gasteiger partial charge on any atom is 0.255 e. The Bertz CT molecular complexity index is 1040. The molecule has 148 valence electrons. The third-order valence-electron chi connectivity index (χ3n) is 4.02. The minimum atomic E-state index is -1.05. The molecular formula is C22H18F2N2O3. The molecule has 0 unspecified atom stereocenters.